The van der Waals surface area contributed by atoms with Crippen molar-refractivity contribution in [2.24, 2.45) is 0 Å². The van der Waals surface area contributed by atoms with Crippen LogP contribution in [0.25, 0.3) is 0 Å². The minimum absolute atomic E-state index is 0.130. The van der Waals surface area contributed by atoms with Gasteiger partial charge in [0.15, 0.2) is 18.2 Å². The first-order valence-corrected chi connectivity index (χ1v) is 10.2. The van der Waals surface area contributed by atoms with Gasteiger partial charge in [-0.1, -0.05) is 0 Å². The number of ether oxygens (including phenoxy) is 2. The first kappa shape index (κ1) is 21.0. The summed E-state index contributed by atoms with van der Waals surface area (Å²) in [7, 11) is -2.18. The molecule has 0 radical (unpaired) electrons. The molecule has 29 heavy (non-hydrogen) atoms. The highest BCUT2D eigenvalue weighted by Gasteiger charge is 2.30. The lowest BCUT2D eigenvalue weighted by Gasteiger charge is -2.34. The third kappa shape index (κ3) is 4.83. The molecular formula is C19H20F2N2O5S. The van der Waals surface area contributed by atoms with Gasteiger partial charge < -0.3 is 14.4 Å². The smallest absolute Gasteiger partial charge is 0.260 e. The molecule has 0 spiro atoms. The highest BCUT2D eigenvalue weighted by Crippen LogP contribution is 2.21. The van der Waals surface area contributed by atoms with Crippen LogP contribution in [0.4, 0.5) is 8.78 Å². The molecule has 1 saturated heterocycles. The molecular weight excluding hydrogens is 406 g/mol. The molecule has 0 N–H and O–H groups in total. The normalized spacial score (nSPS) is 15.2. The second-order valence-electron chi connectivity index (χ2n) is 6.32. The van der Waals surface area contributed by atoms with Crippen LogP contribution in [-0.4, -0.2) is 63.4 Å². The SMILES string of the molecule is COc1ccc(S(=O)(=O)N2CCN(C(=O)COc3ccc(F)cc3F)CC2)cc1. The summed E-state index contributed by atoms with van der Waals surface area (Å²) < 4.78 is 63.4. The fourth-order valence-corrected chi connectivity index (χ4v) is 4.32. The lowest BCUT2D eigenvalue weighted by Crippen LogP contribution is -2.51. The molecule has 0 bridgehead atoms. The minimum Gasteiger partial charge on any atom is -0.497 e. The van der Waals surface area contributed by atoms with Gasteiger partial charge in [-0.05, 0) is 36.4 Å². The van der Waals surface area contributed by atoms with Gasteiger partial charge in [-0.15, -0.1) is 0 Å². The Hall–Kier alpha value is -2.72. The second-order valence-corrected chi connectivity index (χ2v) is 8.26. The van der Waals surface area contributed by atoms with E-state index >= 15 is 0 Å². The minimum atomic E-state index is -3.68. The molecule has 2 aromatic carbocycles. The number of benzene rings is 2. The van der Waals surface area contributed by atoms with Crippen molar-refractivity contribution in [1.29, 1.82) is 0 Å². The summed E-state index contributed by atoms with van der Waals surface area (Å²) in [5.41, 5.74) is 0. The zero-order chi connectivity index (χ0) is 21.0. The summed E-state index contributed by atoms with van der Waals surface area (Å²) in [6.45, 7) is 0.205. The zero-order valence-electron chi connectivity index (χ0n) is 15.7. The van der Waals surface area contributed by atoms with Crippen molar-refractivity contribution in [3.63, 3.8) is 0 Å². The molecule has 1 heterocycles. The molecule has 0 saturated carbocycles. The first-order valence-electron chi connectivity index (χ1n) is 8.81. The summed E-state index contributed by atoms with van der Waals surface area (Å²) in [6.07, 6.45) is 0. The number of hydrogen-bond acceptors (Lipinski definition) is 5. The molecule has 0 unspecified atom stereocenters. The number of hydrogen-bond donors (Lipinski definition) is 0. The van der Waals surface area contributed by atoms with Crippen LogP contribution in [0.2, 0.25) is 0 Å². The Bertz CT molecular complexity index is 975. The average Bonchev–Trinajstić information content (AvgIpc) is 2.73. The van der Waals surface area contributed by atoms with E-state index in [0.29, 0.717) is 11.8 Å². The summed E-state index contributed by atoms with van der Waals surface area (Å²) in [4.78, 5) is 13.9. The molecule has 2 aromatic rings. The monoisotopic (exact) mass is 426 g/mol. The number of methoxy groups -OCH3 is 1. The Morgan fingerprint density at radius 2 is 1.69 bits per heavy atom. The van der Waals surface area contributed by atoms with Crippen LogP contribution in [0, 0.1) is 11.6 Å². The Morgan fingerprint density at radius 1 is 1.03 bits per heavy atom. The molecule has 0 aliphatic carbocycles. The molecule has 1 amide bonds. The van der Waals surface area contributed by atoms with E-state index in [9.17, 15) is 22.0 Å². The average molecular weight is 426 g/mol. The van der Waals surface area contributed by atoms with E-state index in [1.165, 1.54) is 28.4 Å². The van der Waals surface area contributed by atoms with Gasteiger partial charge in [0.1, 0.15) is 11.6 Å². The maximum atomic E-state index is 13.6. The van der Waals surface area contributed by atoms with E-state index in [2.05, 4.69) is 0 Å². The maximum Gasteiger partial charge on any atom is 0.260 e. The van der Waals surface area contributed by atoms with Gasteiger partial charge in [-0.25, -0.2) is 17.2 Å². The van der Waals surface area contributed by atoms with E-state index in [1.807, 2.05) is 0 Å². The number of amides is 1. The highest BCUT2D eigenvalue weighted by molar-refractivity contribution is 7.89. The standard InChI is InChI=1S/C19H20F2N2O5S/c1-27-15-3-5-16(6-4-15)29(25,26)23-10-8-22(9-11-23)19(24)13-28-18-7-2-14(20)12-17(18)21/h2-7,12H,8-11,13H2,1H3. The van der Waals surface area contributed by atoms with Crippen molar-refractivity contribution >= 4 is 15.9 Å². The lowest BCUT2D eigenvalue weighted by molar-refractivity contribution is -0.134. The number of sulfonamides is 1. The van der Waals surface area contributed by atoms with E-state index in [4.69, 9.17) is 9.47 Å². The highest BCUT2D eigenvalue weighted by atomic mass is 32.2. The Balaban J connectivity index is 1.55. The number of halogens is 2. The number of nitrogens with zero attached hydrogens (tertiary/aromatic N) is 2. The molecule has 0 aromatic heterocycles. The summed E-state index contributed by atoms with van der Waals surface area (Å²) >= 11 is 0. The number of carbonyl (C=O) groups is 1. The van der Waals surface area contributed by atoms with E-state index in [0.717, 1.165) is 12.1 Å². The predicted molar refractivity (Wildman–Crippen MR) is 100 cm³/mol. The van der Waals surface area contributed by atoms with Crippen molar-refractivity contribution in [2.45, 2.75) is 4.90 Å². The van der Waals surface area contributed by atoms with Crippen molar-refractivity contribution in [2.75, 3.05) is 39.9 Å². The van der Waals surface area contributed by atoms with Crippen LogP contribution >= 0.6 is 0 Å². The first-order chi connectivity index (χ1) is 13.8. The largest absolute Gasteiger partial charge is 0.497 e. The maximum absolute atomic E-state index is 13.6. The molecule has 7 nitrogen and oxygen atoms in total. The molecule has 3 rings (SSSR count). The molecule has 1 aliphatic rings. The third-order valence-corrected chi connectivity index (χ3v) is 6.45. The summed E-state index contributed by atoms with van der Waals surface area (Å²) in [6, 6.07) is 8.89. The lowest BCUT2D eigenvalue weighted by atomic mass is 10.3. The van der Waals surface area contributed by atoms with Gasteiger partial charge in [0, 0.05) is 32.2 Å². The van der Waals surface area contributed by atoms with Crippen molar-refractivity contribution in [3.05, 3.63) is 54.1 Å². The van der Waals surface area contributed by atoms with Crippen molar-refractivity contribution in [1.82, 2.24) is 9.21 Å². The van der Waals surface area contributed by atoms with Gasteiger partial charge in [0.2, 0.25) is 10.0 Å². The molecule has 1 fully saturated rings. The summed E-state index contributed by atoms with van der Waals surface area (Å²) in [5.74, 6) is -1.71. The topological polar surface area (TPSA) is 76.2 Å². The predicted octanol–water partition coefficient (Wildman–Crippen LogP) is 1.89. The Morgan fingerprint density at radius 3 is 2.28 bits per heavy atom. The second kappa shape index (κ2) is 8.75. The van der Waals surface area contributed by atoms with Crippen LogP contribution in [0.5, 0.6) is 11.5 Å². The zero-order valence-corrected chi connectivity index (χ0v) is 16.5. The third-order valence-electron chi connectivity index (χ3n) is 4.53. The van der Waals surface area contributed by atoms with E-state index < -0.39 is 34.2 Å². The van der Waals surface area contributed by atoms with Gasteiger partial charge in [0.25, 0.3) is 5.91 Å². The van der Waals surface area contributed by atoms with Crippen LogP contribution in [-0.2, 0) is 14.8 Å². The van der Waals surface area contributed by atoms with Gasteiger partial charge in [0.05, 0.1) is 12.0 Å². The van der Waals surface area contributed by atoms with Crippen LogP contribution < -0.4 is 9.47 Å². The molecule has 1 aliphatic heterocycles. The Kier molecular flexibility index (Phi) is 6.33. The number of piperazine rings is 1. The number of carbonyl (C=O) groups excluding carboxylic acids is 1. The number of rotatable bonds is 6. The Labute approximate surface area is 167 Å². The fraction of sp³-hybridized carbons (Fsp3) is 0.316. The van der Waals surface area contributed by atoms with E-state index in [1.54, 1.807) is 12.1 Å². The van der Waals surface area contributed by atoms with Gasteiger partial charge >= 0.3 is 0 Å². The van der Waals surface area contributed by atoms with Gasteiger partial charge in [-0.2, -0.15) is 4.31 Å². The van der Waals surface area contributed by atoms with Crippen LogP contribution in [0.3, 0.4) is 0 Å². The molecule has 10 heteroatoms. The summed E-state index contributed by atoms with van der Waals surface area (Å²) in [5, 5.41) is 0. The van der Waals surface area contributed by atoms with Crippen LogP contribution in [0.15, 0.2) is 47.4 Å². The quantitative estimate of drug-likeness (QED) is 0.705. The fourth-order valence-electron chi connectivity index (χ4n) is 2.90. The van der Waals surface area contributed by atoms with E-state index in [-0.39, 0.29) is 36.8 Å². The van der Waals surface area contributed by atoms with Crippen LogP contribution in [0.1, 0.15) is 0 Å². The molecule has 0 atom stereocenters. The van der Waals surface area contributed by atoms with Crippen molar-refractivity contribution < 1.29 is 31.5 Å². The molecule has 156 valence electrons. The van der Waals surface area contributed by atoms with Gasteiger partial charge in [-0.3, -0.25) is 4.79 Å². The van der Waals surface area contributed by atoms with Crippen molar-refractivity contribution in [3.8, 4) is 11.5 Å².